The first-order valence-electron chi connectivity index (χ1n) is 9.07. The van der Waals surface area contributed by atoms with Crippen LogP contribution in [0.25, 0.3) is 10.9 Å². The number of carbonyl (C=O) groups excluding carboxylic acids is 1. The number of carboxylic acids is 1. The van der Waals surface area contributed by atoms with E-state index in [1.807, 2.05) is 54.2 Å². The van der Waals surface area contributed by atoms with Crippen molar-refractivity contribution in [1.29, 1.82) is 0 Å². The molecule has 2 aromatic rings. The highest BCUT2D eigenvalue weighted by Gasteiger charge is 2.29. The average Bonchev–Trinajstić information content (AvgIpc) is 2.65. The lowest BCUT2D eigenvalue weighted by Gasteiger charge is -2.35. The van der Waals surface area contributed by atoms with Gasteiger partial charge >= 0.3 is 5.97 Å². The average molecular weight is 355 g/mol. The zero-order valence-corrected chi connectivity index (χ0v) is 15.3. The highest BCUT2D eigenvalue weighted by molar-refractivity contribution is 6.00. The quantitative estimate of drug-likeness (QED) is 0.892. The first kappa shape index (κ1) is 18.2. The predicted octanol–water partition coefficient (Wildman–Crippen LogP) is 3.16. The molecule has 1 saturated heterocycles. The SMILES string of the molecule is CN(C)c1cc(C(=O)N2CCCCC2CCC(=O)O)nc2ccccc12. The van der Waals surface area contributed by atoms with Gasteiger partial charge in [-0.2, -0.15) is 0 Å². The Morgan fingerprint density at radius 3 is 2.77 bits per heavy atom. The zero-order valence-electron chi connectivity index (χ0n) is 15.3. The van der Waals surface area contributed by atoms with Crippen molar-refractivity contribution < 1.29 is 14.7 Å². The van der Waals surface area contributed by atoms with E-state index in [1.165, 1.54) is 0 Å². The highest BCUT2D eigenvalue weighted by Crippen LogP contribution is 2.28. The van der Waals surface area contributed by atoms with Crippen LogP contribution in [0.15, 0.2) is 30.3 Å². The van der Waals surface area contributed by atoms with Crippen LogP contribution in [-0.2, 0) is 4.79 Å². The van der Waals surface area contributed by atoms with E-state index in [1.54, 1.807) is 0 Å². The van der Waals surface area contributed by atoms with Crippen molar-refractivity contribution in [2.24, 2.45) is 0 Å². The molecule has 6 nitrogen and oxygen atoms in total. The van der Waals surface area contributed by atoms with Crippen LogP contribution in [-0.4, -0.2) is 53.5 Å². The number of hydrogen-bond donors (Lipinski definition) is 1. The minimum atomic E-state index is -0.818. The Morgan fingerprint density at radius 2 is 2.04 bits per heavy atom. The summed E-state index contributed by atoms with van der Waals surface area (Å²) in [6.07, 6.45) is 3.41. The molecule has 0 bridgehead atoms. The molecule has 1 aromatic heterocycles. The van der Waals surface area contributed by atoms with E-state index in [0.717, 1.165) is 35.9 Å². The van der Waals surface area contributed by atoms with Gasteiger partial charge in [0.15, 0.2) is 0 Å². The first-order valence-corrected chi connectivity index (χ1v) is 9.07. The number of pyridine rings is 1. The molecule has 1 amide bonds. The number of amides is 1. The van der Waals surface area contributed by atoms with Crippen molar-refractivity contribution in [3.05, 3.63) is 36.0 Å². The van der Waals surface area contributed by atoms with E-state index in [4.69, 9.17) is 5.11 Å². The van der Waals surface area contributed by atoms with Crippen molar-refractivity contribution in [2.45, 2.75) is 38.1 Å². The number of benzene rings is 1. The number of aliphatic carboxylic acids is 1. The fourth-order valence-electron chi connectivity index (χ4n) is 3.64. The summed E-state index contributed by atoms with van der Waals surface area (Å²) in [4.78, 5) is 32.5. The van der Waals surface area contributed by atoms with Crippen molar-refractivity contribution >= 4 is 28.5 Å². The number of piperidine rings is 1. The fourth-order valence-corrected chi connectivity index (χ4v) is 3.64. The Bertz CT molecular complexity index is 819. The van der Waals surface area contributed by atoms with E-state index >= 15 is 0 Å². The molecule has 1 fully saturated rings. The molecule has 1 aromatic carbocycles. The summed E-state index contributed by atoms with van der Waals surface area (Å²) in [7, 11) is 3.90. The van der Waals surface area contributed by atoms with Gasteiger partial charge in [-0.3, -0.25) is 9.59 Å². The molecule has 1 aliphatic rings. The van der Waals surface area contributed by atoms with Crippen molar-refractivity contribution in [3.63, 3.8) is 0 Å². The van der Waals surface area contributed by atoms with Crippen molar-refractivity contribution in [1.82, 2.24) is 9.88 Å². The van der Waals surface area contributed by atoms with Gasteiger partial charge in [0, 0.05) is 44.2 Å². The molecule has 0 radical (unpaired) electrons. The summed E-state index contributed by atoms with van der Waals surface area (Å²) >= 11 is 0. The largest absolute Gasteiger partial charge is 0.481 e. The first-order chi connectivity index (χ1) is 12.5. The number of anilines is 1. The minimum Gasteiger partial charge on any atom is -0.481 e. The second-order valence-electron chi connectivity index (χ2n) is 7.02. The van der Waals surface area contributed by atoms with Gasteiger partial charge in [0.25, 0.3) is 5.91 Å². The van der Waals surface area contributed by atoms with Gasteiger partial charge in [-0.05, 0) is 37.8 Å². The fraction of sp³-hybridized carbons (Fsp3) is 0.450. The number of likely N-dealkylation sites (tertiary alicyclic amines) is 1. The van der Waals surface area contributed by atoms with E-state index in [-0.39, 0.29) is 18.4 Å². The Hall–Kier alpha value is -2.63. The van der Waals surface area contributed by atoms with Gasteiger partial charge in [0.1, 0.15) is 5.69 Å². The van der Waals surface area contributed by atoms with E-state index in [9.17, 15) is 9.59 Å². The van der Waals surface area contributed by atoms with Crippen LogP contribution < -0.4 is 4.90 Å². The van der Waals surface area contributed by atoms with Gasteiger partial charge in [-0.1, -0.05) is 18.2 Å². The van der Waals surface area contributed by atoms with Gasteiger partial charge in [0.05, 0.1) is 5.52 Å². The Morgan fingerprint density at radius 1 is 1.27 bits per heavy atom. The zero-order chi connectivity index (χ0) is 18.7. The third kappa shape index (κ3) is 3.79. The van der Waals surface area contributed by atoms with Crippen LogP contribution in [0, 0.1) is 0 Å². The summed E-state index contributed by atoms with van der Waals surface area (Å²) < 4.78 is 0. The summed E-state index contributed by atoms with van der Waals surface area (Å²) in [5.41, 5.74) is 2.17. The summed E-state index contributed by atoms with van der Waals surface area (Å²) in [6, 6.07) is 9.61. The Labute approximate surface area is 153 Å². The van der Waals surface area contributed by atoms with E-state index in [2.05, 4.69) is 4.98 Å². The molecule has 0 aliphatic carbocycles. The summed E-state index contributed by atoms with van der Waals surface area (Å²) in [5.74, 6) is -0.921. The molecule has 2 heterocycles. The lowest BCUT2D eigenvalue weighted by atomic mass is 9.97. The molecule has 0 saturated carbocycles. The van der Waals surface area contributed by atoms with Crippen LogP contribution in [0.5, 0.6) is 0 Å². The molecule has 1 aliphatic heterocycles. The number of aromatic nitrogens is 1. The molecular formula is C20H25N3O3. The van der Waals surface area contributed by atoms with Crippen LogP contribution in [0.3, 0.4) is 0 Å². The van der Waals surface area contributed by atoms with E-state index < -0.39 is 5.97 Å². The number of nitrogens with zero attached hydrogens (tertiary/aromatic N) is 3. The molecule has 138 valence electrons. The summed E-state index contributed by atoms with van der Waals surface area (Å²) in [5, 5.41) is 9.99. The molecule has 1 atom stereocenters. The Kier molecular flexibility index (Phi) is 5.40. The predicted molar refractivity (Wildman–Crippen MR) is 102 cm³/mol. The lowest BCUT2D eigenvalue weighted by Crippen LogP contribution is -2.44. The maximum absolute atomic E-state index is 13.2. The van der Waals surface area contributed by atoms with Crippen LogP contribution in [0.2, 0.25) is 0 Å². The van der Waals surface area contributed by atoms with Gasteiger partial charge in [-0.25, -0.2) is 4.98 Å². The van der Waals surface area contributed by atoms with Crippen molar-refractivity contribution in [2.75, 3.05) is 25.5 Å². The molecule has 1 N–H and O–H groups in total. The maximum atomic E-state index is 13.2. The molecule has 6 heteroatoms. The highest BCUT2D eigenvalue weighted by atomic mass is 16.4. The van der Waals surface area contributed by atoms with Crippen LogP contribution >= 0.6 is 0 Å². The minimum absolute atomic E-state index is 0.0246. The maximum Gasteiger partial charge on any atom is 0.303 e. The topological polar surface area (TPSA) is 73.7 Å². The van der Waals surface area contributed by atoms with Crippen molar-refractivity contribution in [3.8, 4) is 0 Å². The second-order valence-corrected chi connectivity index (χ2v) is 7.02. The third-order valence-corrected chi connectivity index (χ3v) is 4.97. The smallest absolute Gasteiger partial charge is 0.303 e. The number of hydrogen-bond acceptors (Lipinski definition) is 4. The molecular weight excluding hydrogens is 330 g/mol. The molecule has 1 unspecified atom stereocenters. The summed E-state index contributed by atoms with van der Waals surface area (Å²) in [6.45, 7) is 0.662. The van der Waals surface area contributed by atoms with Crippen LogP contribution in [0.1, 0.15) is 42.6 Å². The van der Waals surface area contributed by atoms with Crippen LogP contribution in [0.4, 0.5) is 5.69 Å². The number of rotatable bonds is 5. The number of fused-ring (bicyclic) bond motifs is 1. The molecule has 26 heavy (non-hydrogen) atoms. The standard InChI is InChI=1S/C20H25N3O3/c1-22(2)18-13-17(21-16-9-4-3-8-15(16)18)20(26)23-12-6-5-7-14(23)10-11-19(24)25/h3-4,8-9,13-14H,5-7,10-12H2,1-2H3,(H,24,25). The lowest BCUT2D eigenvalue weighted by molar-refractivity contribution is -0.137. The third-order valence-electron chi connectivity index (χ3n) is 4.97. The van der Waals surface area contributed by atoms with E-state index in [0.29, 0.717) is 18.7 Å². The number of para-hydroxylation sites is 1. The van der Waals surface area contributed by atoms with Gasteiger partial charge in [0.2, 0.25) is 0 Å². The van der Waals surface area contributed by atoms with Gasteiger partial charge < -0.3 is 14.9 Å². The second kappa shape index (κ2) is 7.72. The molecule has 0 spiro atoms. The van der Waals surface area contributed by atoms with Gasteiger partial charge in [-0.15, -0.1) is 0 Å². The number of carbonyl (C=O) groups is 2. The number of carboxylic acid groups (broad SMARTS) is 1. The Balaban J connectivity index is 1.93. The normalized spacial score (nSPS) is 17.3. The molecule has 3 rings (SSSR count). The monoisotopic (exact) mass is 355 g/mol.